The quantitative estimate of drug-likeness (QED) is 0.418. The molecule has 3 fully saturated rings. The molecule has 3 aliphatic carbocycles. The fourth-order valence-electron chi connectivity index (χ4n) is 6.18. The molecule has 3 aliphatic rings. The minimum Gasteiger partial charge on any atom is -0.366 e. The smallest absolute Gasteiger partial charge is 0.151 e. The maximum atomic E-state index is 6.03. The van der Waals surface area contributed by atoms with E-state index in [1.807, 2.05) is 0 Å². The number of rotatable bonds is 9. The second kappa shape index (κ2) is 12.3. The zero-order valence-electron chi connectivity index (χ0n) is 19.5. The summed E-state index contributed by atoms with van der Waals surface area (Å²) in [5.74, 6) is 2.78. The SMILES string of the molecule is S=C(CCCc1nnnn1C1CCCCC1)N(CC1CCCCC1)CC1CCCCC1. The Balaban J connectivity index is 1.29. The summed E-state index contributed by atoms with van der Waals surface area (Å²) in [6, 6.07) is 0.514. The van der Waals surface area contributed by atoms with Gasteiger partial charge in [-0.15, -0.1) is 5.10 Å². The molecule has 0 aliphatic heterocycles. The zero-order valence-corrected chi connectivity index (χ0v) is 20.3. The third-order valence-corrected chi connectivity index (χ3v) is 8.49. The minimum absolute atomic E-state index is 0.514. The molecule has 3 saturated carbocycles. The number of tetrazole rings is 1. The summed E-state index contributed by atoms with van der Waals surface area (Å²) in [5.41, 5.74) is 0. The molecule has 0 bridgehead atoms. The van der Waals surface area contributed by atoms with Gasteiger partial charge in [-0.05, 0) is 73.6 Å². The molecular formula is C25H43N5S. The number of aryl methyl sites for hydroxylation is 1. The Morgan fingerprint density at radius 2 is 1.35 bits per heavy atom. The van der Waals surface area contributed by atoms with Crippen molar-refractivity contribution < 1.29 is 0 Å². The van der Waals surface area contributed by atoms with E-state index >= 15 is 0 Å². The zero-order chi connectivity index (χ0) is 21.3. The second-order valence-corrected chi connectivity index (χ2v) is 11.0. The molecule has 1 heterocycles. The minimum atomic E-state index is 0.514. The second-order valence-electron chi connectivity index (χ2n) is 10.5. The summed E-state index contributed by atoms with van der Waals surface area (Å²) in [7, 11) is 0. The topological polar surface area (TPSA) is 46.8 Å². The van der Waals surface area contributed by atoms with Crippen molar-refractivity contribution in [1.82, 2.24) is 25.1 Å². The van der Waals surface area contributed by atoms with Crippen LogP contribution in [0.15, 0.2) is 0 Å². The van der Waals surface area contributed by atoms with E-state index in [9.17, 15) is 0 Å². The van der Waals surface area contributed by atoms with Crippen LogP contribution in [0.3, 0.4) is 0 Å². The molecule has 1 aromatic rings. The average Bonchev–Trinajstić information content (AvgIpc) is 3.29. The molecule has 0 atom stereocenters. The van der Waals surface area contributed by atoms with Gasteiger partial charge in [0.2, 0.25) is 0 Å². The van der Waals surface area contributed by atoms with Gasteiger partial charge in [0.05, 0.1) is 11.0 Å². The molecule has 0 aromatic carbocycles. The molecule has 6 heteroatoms. The predicted molar refractivity (Wildman–Crippen MR) is 130 cm³/mol. The van der Waals surface area contributed by atoms with Crippen LogP contribution in [0.2, 0.25) is 0 Å². The highest BCUT2D eigenvalue weighted by molar-refractivity contribution is 7.80. The Morgan fingerprint density at radius 3 is 1.94 bits per heavy atom. The standard InChI is InChI=1S/C25H43N5S/c31-25(18-10-17-24-26-27-28-30(24)23-15-8-3-9-16-23)29(19-21-11-4-1-5-12-21)20-22-13-6-2-7-14-22/h21-23H,1-20H2. The number of aromatic nitrogens is 4. The molecular weight excluding hydrogens is 402 g/mol. The Labute approximate surface area is 194 Å². The highest BCUT2D eigenvalue weighted by atomic mass is 32.1. The van der Waals surface area contributed by atoms with Crippen LogP contribution < -0.4 is 0 Å². The summed E-state index contributed by atoms with van der Waals surface area (Å²) in [5, 5.41) is 12.7. The van der Waals surface area contributed by atoms with Gasteiger partial charge in [0.1, 0.15) is 0 Å². The van der Waals surface area contributed by atoms with Gasteiger partial charge >= 0.3 is 0 Å². The molecule has 174 valence electrons. The Hall–Kier alpha value is -1.04. The van der Waals surface area contributed by atoms with Gasteiger partial charge < -0.3 is 4.90 Å². The molecule has 5 nitrogen and oxygen atoms in total. The summed E-state index contributed by atoms with van der Waals surface area (Å²) in [6.45, 7) is 2.41. The van der Waals surface area contributed by atoms with Crippen molar-refractivity contribution in [3.63, 3.8) is 0 Å². The van der Waals surface area contributed by atoms with Crippen LogP contribution in [-0.4, -0.2) is 43.2 Å². The van der Waals surface area contributed by atoms with E-state index in [1.165, 1.54) is 114 Å². The first-order valence-electron chi connectivity index (χ1n) is 13.3. The van der Waals surface area contributed by atoms with Gasteiger partial charge in [0, 0.05) is 19.5 Å². The van der Waals surface area contributed by atoms with E-state index in [0.717, 1.165) is 36.9 Å². The molecule has 4 rings (SSSR count). The van der Waals surface area contributed by atoms with Crippen molar-refractivity contribution in [3.8, 4) is 0 Å². The number of nitrogens with zero attached hydrogens (tertiary/aromatic N) is 5. The lowest BCUT2D eigenvalue weighted by Gasteiger charge is -2.35. The highest BCUT2D eigenvalue weighted by Gasteiger charge is 2.24. The van der Waals surface area contributed by atoms with E-state index in [-0.39, 0.29) is 0 Å². The maximum absolute atomic E-state index is 6.03. The van der Waals surface area contributed by atoms with Gasteiger partial charge in [0.25, 0.3) is 0 Å². The van der Waals surface area contributed by atoms with Gasteiger partial charge in [0.15, 0.2) is 5.82 Å². The van der Waals surface area contributed by atoms with E-state index in [0.29, 0.717) is 6.04 Å². The first kappa shape index (κ1) is 23.1. The molecule has 1 aromatic heterocycles. The van der Waals surface area contributed by atoms with E-state index in [2.05, 4.69) is 25.1 Å². The Kier molecular flexibility index (Phi) is 9.15. The van der Waals surface area contributed by atoms with Crippen LogP contribution in [0.4, 0.5) is 0 Å². The first-order valence-corrected chi connectivity index (χ1v) is 13.7. The molecule has 0 unspecified atom stereocenters. The van der Waals surface area contributed by atoms with E-state index < -0.39 is 0 Å². The lowest BCUT2D eigenvalue weighted by atomic mass is 9.86. The Bertz CT molecular complexity index is 637. The fourth-order valence-corrected chi connectivity index (χ4v) is 6.48. The number of thiocarbonyl (C=S) groups is 1. The summed E-state index contributed by atoms with van der Waals surface area (Å²) in [4.78, 5) is 3.83. The van der Waals surface area contributed by atoms with Crippen molar-refractivity contribution in [2.75, 3.05) is 13.1 Å². The van der Waals surface area contributed by atoms with Crippen molar-refractivity contribution in [3.05, 3.63) is 5.82 Å². The third kappa shape index (κ3) is 6.97. The average molecular weight is 446 g/mol. The largest absolute Gasteiger partial charge is 0.366 e. The lowest BCUT2D eigenvalue weighted by molar-refractivity contribution is 0.225. The highest BCUT2D eigenvalue weighted by Crippen LogP contribution is 2.30. The van der Waals surface area contributed by atoms with Crippen molar-refractivity contribution in [2.24, 2.45) is 11.8 Å². The van der Waals surface area contributed by atoms with Gasteiger partial charge in [-0.25, -0.2) is 4.68 Å². The number of hydrogen-bond donors (Lipinski definition) is 0. The summed E-state index contributed by atoms with van der Waals surface area (Å²) >= 11 is 6.03. The lowest BCUT2D eigenvalue weighted by Crippen LogP contribution is -2.39. The molecule has 0 radical (unpaired) electrons. The van der Waals surface area contributed by atoms with Crippen LogP contribution in [-0.2, 0) is 6.42 Å². The van der Waals surface area contributed by atoms with Crippen molar-refractivity contribution >= 4 is 17.2 Å². The molecule has 0 saturated heterocycles. The Morgan fingerprint density at radius 1 is 0.806 bits per heavy atom. The van der Waals surface area contributed by atoms with Crippen LogP contribution in [0.5, 0.6) is 0 Å². The molecule has 0 spiro atoms. The fraction of sp³-hybridized carbons (Fsp3) is 0.920. The summed E-state index contributed by atoms with van der Waals surface area (Å²) in [6.07, 6.45) is 23.6. The summed E-state index contributed by atoms with van der Waals surface area (Å²) < 4.78 is 2.13. The van der Waals surface area contributed by atoms with Crippen molar-refractivity contribution in [2.45, 2.75) is 122 Å². The third-order valence-electron chi connectivity index (χ3n) is 8.03. The van der Waals surface area contributed by atoms with Gasteiger partial charge in [-0.3, -0.25) is 0 Å². The molecule has 31 heavy (non-hydrogen) atoms. The van der Waals surface area contributed by atoms with E-state index in [4.69, 9.17) is 12.2 Å². The predicted octanol–water partition coefficient (Wildman–Crippen LogP) is 6.29. The molecule has 0 amide bonds. The normalized spacial score (nSPS) is 21.9. The van der Waals surface area contributed by atoms with Gasteiger partial charge in [-0.2, -0.15) is 0 Å². The van der Waals surface area contributed by atoms with Crippen LogP contribution in [0, 0.1) is 11.8 Å². The van der Waals surface area contributed by atoms with Crippen LogP contribution in [0.1, 0.15) is 121 Å². The first-order chi connectivity index (χ1) is 15.3. The monoisotopic (exact) mass is 445 g/mol. The van der Waals surface area contributed by atoms with Crippen LogP contribution >= 0.6 is 12.2 Å². The van der Waals surface area contributed by atoms with Crippen LogP contribution in [0.25, 0.3) is 0 Å². The van der Waals surface area contributed by atoms with E-state index in [1.54, 1.807) is 0 Å². The van der Waals surface area contributed by atoms with Gasteiger partial charge in [-0.1, -0.05) is 70.0 Å². The molecule has 0 N–H and O–H groups in total. The number of hydrogen-bond acceptors (Lipinski definition) is 4. The van der Waals surface area contributed by atoms with Crippen molar-refractivity contribution in [1.29, 1.82) is 0 Å². The maximum Gasteiger partial charge on any atom is 0.151 e.